The van der Waals surface area contributed by atoms with Gasteiger partial charge in [0.05, 0.1) is 5.56 Å². The number of rotatable bonds is 7. The fraction of sp³-hybridized carbons (Fsp3) is 0.583. The zero-order chi connectivity index (χ0) is 28.4. The van der Waals surface area contributed by atoms with Crippen molar-refractivity contribution < 1.29 is 36.1 Å². The molecule has 3 heterocycles. The Kier molecular flexibility index (Phi) is 8.37. The van der Waals surface area contributed by atoms with Crippen molar-refractivity contribution in [1.29, 1.82) is 0 Å². The molecule has 2 unspecified atom stereocenters. The van der Waals surface area contributed by atoms with Gasteiger partial charge in [0.2, 0.25) is 11.9 Å². The number of nitrogens with zero attached hydrogens (tertiary/aromatic N) is 5. The molecular formula is C24H28F6N6O3. The van der Waals surface area contributed by atoms with E-state index in [1.807, 2.05) is 4.90 Å². The van der Waals surface area contributed by atoms with Crippen molar-refractivity contribution in [2.45, 2.75) is 37.3 Å². The van der Waals surface area contributed by atoms with Gasteiger partial charge in [-0.2, -0.15) is 26.3 Å². The molecule has 0 spiro atoms. The Balaban J connectivity index is 1.20. The third-order valence-corrected chi connectivity index (χ3v) is 7.15. The highest BCUT2D eigenvalue weighted by Crippen LogP contribution is 2.35. The van der Waals surface area contributed by atoms with Crippen LogP contribution in [0.3, 0.4) is 0 Å². The fourth-order valence-electron chi connectivity index (χ4n) is 4.95. The number of pyridine rings is 1. The lowest BCUT2D eigenvalue weighted by Crippen LogP contribution is -2.47. The lowest BCUT2D eigenvalue weighted by molar-refractivity contribution is -0.525. The Labute approximate surface area is 220 Å². The number of halogens is 6. The molecule has 214 valence electrons. The molecule has 9 nitrogen and oxygen atoms in total. The molecule has 2 aliphatic heterocycles. The first kappa shape index (κ1) is 28.6. The van der Waals surface area contributed by atoms with Crippen LogP contribution >= 0.6 is 0 Å². The van der Waals surface area contributed by atoms with E-state index >= 15 is 0 Å². The van der Waals surface area contributed by atoms with E-state index in [1.165, 1.54) is 12.1 Å². The van der Waals surface area contributed by atoms with E-state index in [-0.39, 0.29) is 24.1 Å². The zero-order valence-corrected chi connectivity index (χ0v) is 20.8. The molecule has 1 aromatic rings. The summed E-state index contributed by atoms with van der Waals surface area (Å²) in [6, 6.07) is 0.212. The van der Waals surface area contributed by atoms with Crippen molar-refractivity contribution in [1.82, 2.24) is 20.1 Å². The SMILES string of the molecule is O=C(CCN1CCN(c2ccc(C(F)(F)F)cn2)CC1)N1CC[C@@H](NC2=CC(C(F)(F)F)C([N+](=O)[O-])C=C2)C1. The Hall–Kier alpha value is -3.36. The molecule has 4 rings (SSSR count). The predicted molar refractivity (Wildman–Crippen MR) is 128 cm³/mol. The Morgan fingerprint density at radius 3 is 2.41 bits per heavy atom. The lowest BCUT2D eigenvalue weighted by atomic mass is 9.93. The molecule has 1 amide bonds. The molecule has 1 N–H and O–H groups in total. The normalized spacial score (nSPS) is 24.6. The molecule has 15 heteroatoms. The van der Waals surface area contributed by atoms with Crippen LogP contribution in [0, 0.1) is 16.0 Å². The number of nitro groups is 1. The lowest BCUT2D eigenvalue weighted by Gasteiger charge is -2.35. The standard InChI is InChI=1S/C24H28F6N6O3/c25-23(26,27)16-1-4-21(31-14-16)34-11-9-33(10-12-34)7-6-22(37)35-8-5-18(15-35)32-17-2-3-20(36(38)39)19(13-17)24(28,29)30/h1-4,13-14,18-20,32H,5-12,15H2/t18-,19?,20?/m1/s1. The second-order valence-electron chi connectivity index (χ2n) is 9.78. The van der Waals surface area contributed by atoms with Gasteiger partial charge in [-0.25, -0.2) is 4.98 Å². The Morgan fingerprint density at radius 2 is 1.82 bits per heavy atom. The number of alkyl halides is 6. The maximum Gasteiger partial charge on any atom is 0.417 e. The minimum atomic E-state index is -4.76. The van der Waals surface area contributed by atoms with Crippen molar-refractivity contribution in [2.24, 2.45) is 5.92 Å². The quantitative estimate of drug-likeness (QED) is 0.310. The summed E-state index contributed by atoms with van der Waals surface area (Å²) >= 11 is 0. The van der Waals surface area contributed by atoms with E-state index in [2.05, 4.69) is 15.2 Å². The van der Waals surface area contributed by atoms with Crippen LogP contribution in [0.15, 0.2) is 42.3 Å². The van der Waals surface area contributed by atoms with Crippen LogP contribution in [0.1, 0.15) is 18.4 Å². The van der Waals surface area contributed by atoms with E-state index in [0.717, 1.165) is 24.4 Å². The summed E-state index contributed by atoms with van der Waals surface area (Å²) in [5.41, 5.74) is -0.654. The molecule has 0 bridgehead atoms. The van der Waals surface area contributed by atoms with Crippen LogP contribution in [-0.4, -0.2) is 89.7 Å². The van der Waals surface area contributed by atoms with Crippen LogP contribution in [0.2, 0.25) is 0 Å². The molecule has 0 aromatic carbocycles. The van der Waals surface area contributed by atoms with Gasteiger partial charge in [0.1, 0.15) is 11.7 Å². The van der Waals surface area contributed by atoms with Crippen molar-refractivity contribution in [3.05, 3.63) is 57.9 Å². The number of anilines is 1. The number of allylic oxidation sites excluding steroid dienone is 1. The molecule has 0 saturated carbocycles. The summed E-state index contributed by atoms with van der Waals surface area (Å²) in [4.78, 5) is 32.3. The number of hydrogen-bond acceptors (Lipinski definition) is 7. The van der Waals surface area contributed by atoms with Crippen molar-refractivity contribution >= 4 is 11.7 Å². The summed E-state index contributed by atoms with van der Waals surface area (Å²) in [5, 5.41) is 14.0. The summed E-state index contributed by atoms with van der Waals surface area (Å²) < 4.78 is 78.1. The third-order valence-electron chi connectivity index (χ3n) is 7.15. The first-order valence-electron chi connectivity index (χ1n) is 12.5. The summed E-state index contributed by atoms with van der Waals surface area (Å²) in [7, 11) is 0. The minimum absolute atomic E-state index is 0.0825. The molecule has 39 heavy (non-hydrogen) atoms. The molecule has 0 radical (unpaired) electrons. The van der Waals surface area contributed by atoms with Gasteiger partial charge in [-0.15, -0.1) is 0 Å². The molecule has 2 saturated heterocycles. The second-order valence-corrected chi connectivity index (χ2v) is 9.78. The van der Waals surface area contributed by atoms with Gasteiger partial charge in [-0.3, -0.25) is 19.8 Å². The van der Waals surface area contributed by atoms with Gasteiger partial charge in [0.15, 0.2) is 0 Å². The topological polar surface area (TPSA) is 94.9 Å². The largest absolute Gasteiger partial charge is 0.417 e. The van der Waals surface area contributed by atoms with Crippen molar-refractivity contribution in [2.75, 3.05) is 50.7 Å². The molecule has 3 aliphatic rings. The first-order valence-corrected chi connectivity index (χ1v) is 12.5. The van der Waals surface area contributed by atoms with Gasteiger partial charge >= 0.3 is 12.4 Å². The third kappa shape index (κ3) is 7.19. The fourth-order valence-corrected chi connectivity index (χ4v) is 4.95. The number of amides is 1. The van der Waals surface area contributed by atoms with Crippen LogP contribution in [0.5, 0.6) is 0 Å². The van der Waals surface area contributed by atoms with Crippen LogP contribution in [-0.2, 0) is 11.0 Å². The minimum Gasteiger partial charge on any atom is -0.381 e. The van der Waals surface area contributed by atoms with Gasteiger partial charge < -0.3 is 15.1 Å². The number of likely N-dealkylation sites (tertiary alicyclic amines) is 1. The monoisotopic (exact) mass is 562 g/mol. The van der Waals surface area contributed by atoms with Crippen LogP contribution in [0.4, 0.5) is 32.2 Å². The maximum absolute atomic E-state index is 13.3. The highest BCUT2D eigenvalue weighted by Gasteiger charge is 2.49. The van der Waals surface area contributed by atoms with Crippen molar-refractivity contribution in [3.8, 4) is 0 Å². The predicted octanol–water partition coefficient (Wildman–Crippen LogP) is 3.08. The number of carbonyl (C=O) groups is 1. The van der Waals surface area contributed by atoms with Crippen LogP contribution in [0.25, 0.3) is 0 Å². The number of hydrogen-bond donors (Lipinski definition) is 1. The van der Waals surface area contributed by atoms with Crippen LogP contribution < -0.4 is 10.2 Å². The number of aromatic nitrogens is 1. The maximum atomic E-state index is 13.3. The smallest absolute Gasteiger partial charge is 0.381 e. The number of piperazine rings is 1. The van der Waals surface area contributed by atoms with E-state index in [4.69, 9.17) is 0 Å². The van der Waals surface area contributed by atoms with Gasteiger partial charge in [-0.1, -0.05) is 0 Å². The van der Waals surface area contributed by atoms with E-state index < -0.39 is 34.8 Å². The summed E-state index contributed by atoms with van der Waals surface area (Å²) in [5.74, 6) is -1.84. The molecule has 2 fully saturated rings. The van der Waals surface area contributed by atoms with E-state index in [0.29, 0.717) is 58.1 Å². The second kappa shape index (κ2) is 11.4. The summed E-state index contributed by atoms with van der Waals surface area (Å²) in [6.07, 6.45) is -4.54. The average Bonchev–Trinajstić information content (AvgIpc) is 3.35. The van der Waals surface area contributed by atoms with E-state index in [9.17, 15) is 41.3 Å². The van der Waals surface area contributed by atoms with Gasteiger partial charge in [0.25, 0.3) is 0 Å². The molecule has 1 aliphatic carbocycles. The molecular weight excluding hydrogens is 534 g/mol. The number of nitrogens with one attached hydrogen (secondary N) is 1. The summed E-state index contributed by atoms with van der Waals surface area (Å²) in [6.45, 7) is 3.61. The Morgan fingerprint density at radius 1 is 1.10 bits per heavy atom. The highest BCUT2D eigenvalue weighted by molar-refractivity contribution is 5.76. The zero-order valence-electron chi connectivity index (χ0n) is 20.8. The molecule has 3 atom stereocenters. The van der Waals surface area contributed by atoms with Crippen molar-refractivity contribution in [3.63, 3.8) is 0 Å². The number of carbonyl (C=O) groups excluding carboxylic acids is 1. The molecule has 1 aromatic heterocycles. The Bertz CT molecular complexity index is 1100. The van der Waals surface area contributed by atoms with E-state index in [1.54, 1.807) is 4.90 Å². The highest BCUT2D eigenvalue weighted by atomic mass is 19.4. The van der Waals surface area contributed by atoms with Gasteiger partial charge in [-0.05, 0) is 36.8 Å². The van der Waals surface area contributed by atoms with Gasteiger partial charge in [0, 0.05) is 75.1 Å². The first-order chi connectivity index (χ1) is 18.3. The average molecular weight is 563 g/mol.